The molecule has 0 saturated carbocycles. The second-order valence-corrected chi connectivity index (χ2v) is 6.26. The molecule has 2 heterocycles. The number of rotatable bonds is 3. The third-order valence-electron chi connectivity index (χ3n) is 4.19. The third kappa shape index (κ3) is 2.97. The fourth-order valence-corrected chi connectivity index (χ4v) is 3.26. The molecule has 0 spiro atoms. The molecule has 1 aromatic heterocycles. The highest BCUT2D eigenvalue weighted by molar-refractivity contribution is 7.71. The summed E-state index contributed by atoms with van der Waals surface area (Å²) in [5, 5.41) is 13.4. The van der Waals surface area contributed by atoms with E-state index in [1.165, 1.54) is 0 Å². The van der Waals surface area contributed by atoms with E-state index in [9.17, 15) is 14.1 Å². The smallest absolute Gasteiger partial charge is 0.230 e. The van der Waals surface area contributed by atoms with Gasteiger partial charge in [-0.05, 0) is 34.9 Å². The summed E-state index contributed by atoms with van der Waals surface area (Å²) in [5.74, 6) is -1.87. The Kier molecular flexibility index (Phi) is 4.21. The van der Waals surface area contributed by atoms with E-state index < -0.39 is 17.6 Å². The van der Waals surface area contributed by atoms with Gasteiger partial charge in [0.05, 0.1) is 12.1 Å². The summed E-state index contributed by atoms with van der Waals surface area (Å²) < 4.78 is 16.2. The van der Waals surface area contributed by atoms with Crippen molar-refractivity contribution in [3.63, 3.8) is 0 Å². The van der Waals surface area contributed by atoms with Crippen molar-refractivity contribution in [3.8, 4) is 5.69 Å². The molecule has 0 atom stereocenters. The minimum atomic E-state index is -0.941. The highest BCUT2D eigenvalue weighted by Crippen LogP contribution is 2.29. The number of allylic oxidation sites excluding steroid dienone is 2. The highest BCUT2D eigenvalue weighted by atomic mass is 32.1. The van der Waals surface area contributed by atoms with E-state index in [2.05, 4.69) is 20.7 Å². The monoisotopic (exact) mass is 381 g/mol. The van der Waals surface area contributed by atoms with Gasteiger partial charge < -0.3 is 5.32 Å². The first-order chi connectivity index (χ1) is 13.1. The van der Waals surface area contributed by atoms with Gasteiger partial charge in [0.25, 0.3) is 0 Å². The normalized spacial score (nSPS) is 14.7. The molecule has 1 amide bonds. The van der Waals surface area contributed by atoms with Crippen LogP contribution >= 0.6 is 12.2 Å². The second-order valence-electron chi connectivity index (χ2n) is 5.87. The van der Waals surface area contributed by atoms with Crippen molar-refractivity contribution >= 4 is 34.5 Å². The zero-order valence-corrected chi connectivity index (χ0v) is 14.6. The Bertz CT molecular complexity index is 1200. The van der Waals surface area contributed by atoms with Gasteiger partial charge in [-0.15, -0.1) is 4.91 Å². The van der Waals surface area contributed by atoms with Crippen LogP contribution in [0.3, 0.4) is 0 Å². The fraction of sp³-hybridized carbons (Fsp3) is 0.0556. The molecule has 2 N–H and O–H groups in total. The predicted molar refractivity (Wildman–Crippen MR) is 101 cm³/mol. The Labute approximate surface area is 157 Å². The number of benzene rings is 2. The first-order valence-electron chi connectivity index (χ1n) is 7.98. The molecule has 1 aliphatic rings. The van der Waals surface area contributed by atoms with Crippen LogP contribution < -0.4 is 5.32 Å². The number of H-pyrrole nitrogens is 1. The second kappa shape index (κ2) is 6.69. The van der Waals surface area contributed by atoms with E-state index in [0.717, 1.165) is 22.5 Å². The van der Waals surface area contributed by atoms with Gasteiger partial charge in [-0.2, -0.15) is 5.10 Å². The summed E-state index contributed by atoms with van der Waals surface area (Å²) in [6.45, 7) is 0. The lowest BCUT2D eigenvalue weighted by atomic mass is 10.1. The quantitative estimate of drug-likeness (QED) is 0.532. The van der Waals surface area contributed by atoms with Crippen LogP contribution in [0.4, 0.5) is 4.39 Å². The maximum atomic E-state index is 14.2. The molecular weight excluding hydrogens is 369 g/mol. The molecule has 2 aromatic carbocycles. The molecule has 7 nitrogen and oxygen atoms in total. The van der Waals surface area contributed by atoms with Crippen molar-refractivity contribution in [2.24, 2.45) is 5.18 Å². The number of aromatic amines is 1. The van der Waals surface area contributed by atoms with Gasteiger partial charge in [0.15, 0.2) is 16.4 Å². The van der Waals surface area contributed by atoms with E-state index in [1.807, 2.05) is 42.5 Å². The molecule has 9 heteroatoms. The number of carbonyl (C=O) groups is 1. The lowest BCUT2D eigenvalue weighted by Crippen LogP contribution is -2.21. The molecule has 0 bridgehead atoms. The topological polar surface area (TPSA) is 92.1 Å². The van der Waals surface area contributed by atoms with E-state index in [1.54, 1.807) is 4.57 Å². The lowest BCUT2D eigenvalue weighted by Gasteiger charge is -2.11. The van der Waals surface area contributed by atoms with Crippen LogP contribution in [-0.2, 0) is 4.79 Å². The number of nitroso groups, excluding NO2 is 1. The van der Waals surface area contributed by atoms with E-state index in [4.69, 9.17) is 12.2 Å². The zero-order chi connectivity index (χ0) is 19.0. The van der Waals surface area contributed by atoms with E-state index >= 15 is 0 Å². The first kappa shape index (κ1) is 17.0. The van der Waals surface area contributed by atoms with Crippen molar-refractivity contribution in [1.82, 2.24) is 20.1 Å². The summed E-state index contributed by atoms with van der Waals surface area (Å²) in [6, 6.07) is 13.4. The van der Waals surface area contributed by atoms with Crippen molar-refractivity contribution < 1.29 is 9.18 Å². The maximum Gasteiger partial charge on any atom is 0.230 e. The summed E-state index contributed by atoms with van der Waals surface area (Å²) >= 11 is 5.37. The average molecular weight is 381 g/mol. The first-order valence-corrected chi connectivity index (χ1v) is 8.39. The molecule has 134 valence electrons. The van der Waals surface area contributed by atoms with Gasteiger partial charge in [-0.25, -0.2) is 4.39 Å². The molecule has 1 aliphatic heterocycles. The van der Waals surface area contributed by atoms with Crippen LogP contribution in [0.2, 0.25) is 0 Å². The molecule has 0 aliphatic carbocycles. The maximum absolute atomic E-state index is 14.2. The van der Waals surface area contributed by atoms with Crippen LogP contribution in [0, 0.1) is 9.68 Å². The van der Waals surface area contributed by atoms with Crippen molar-refractivity contribution in [3.05, 3.63) is 75.7 Å². The number of carbonyl (C=O) groups excluding carboxylic acids is 1. The van der Waals surface area contributed by atoms with Gasteiger partial charge in [-0.1, -0.05) is 36.4 Å². The number of aromatic nitrogens is 3. The number of halogens is 1. The average Bonchev–Trinajstić information content (AvgIpc) is 2.98. The molecule has 0 unspecified atom stereocenters. The summed E-state index contributed by atoms with van der Waals surface area (Å²) in [7, 11) is 0. The van der Waals surface area contributed by atoms with Crippen molar-refractivity contribution in [2.45, 2.75) is 6.42 Å². The van der Waals surface area contributed by atoms with Crippen LogP contribution in [0.25, 0.3) is 22.0 Å². The van der Waals surface area contributed by atoms with Crippen LogP contribution in [-0.4, -0.2) is 20.7 Å². The van der Waals surface area contributed by atoms with Gasteiger partial charge in [-0.3, -0.25) is 14.5 Å². The number of hydrogen-bond donors (Lipinski definition) is 2. The predicted octanol–water partition coefficient (Wildman–Crippen LogP) is 3.89. The number of fused-ring (bicyclic) bond motifs is 1. The van der Waals surface area contributed by atoms with Crippen molar-refractivity contribution in [1.29, 1.82) is 0 Å². The standard InChI is InChI=1S/C18H12FN5O2S/c19-13-8-11(9-15(25)20-16(13)23-26)17-21-22-18(27)24(17)14-7-3-5-10-4-1-2-6-12(10)14/h1-8H,9H2,(H,20,25)(H,22,27). The van der Waals surface area contributed by atoms with E-state index in [0.29, 0.717) is 4.77 Å². The van der Waals surface area contributed by atoms with Crippen LogP contribution in [0.1, 0.15) is 12.2 Å². The molecule has 27 heavy (non-hydrogen) atoms. The molecule has 3 aromatic rings. The number of nitrogens with zero attached hydrogens (tertiary/aromatic N) is 3. The van der Waals surface area contributed by atoms with Gasteiger partial charge in [0.2, 0.25) is 11.7 Å². The van der Waals surface area contributed by atoms with Gasteiger partial charge >= 0.3 is 0 Å². The number of hydrogen-bond acceptors (Lipinski definition) is 5. The molecular formula is C18H12FN5O2S. The molecule has 0 saturated heterocycles. The Morgan fingerprint density at radius 1 is 1.19 bits per heavy atom. The number of amides is 1. The van der Waals surface area contributed by atoms with Crippen molar-refractivity contribution in [2.75, 3.05) is 0 Å². The largest absolute Gasteiger partial charge is 0.305 e. The minimum absolute atomic E-state index is 0.184. The summed E-state index contributed by atoms with van der Waals surface area (Å²) in [5.41, 5.74) is 1.01. The molecule has 4 rings (SSSR count). The fourth-order valence-electron chi connectivity index (χ4n) is 3.03. The Morgan fingerprint density at radius 3 is 2.78 bits per heavy atom. The third-order valence-corrected chi connectivity index (χ3v) is 4.47. The SMILES string of the molecule is O=NC1=C(F)C=C(c2n[nH]c(=S)n2-c2cccc3ccccc23)CC(=O)N1. The lowest BCUT2D eigenvalue weighted by molar-refractivity contribution is -0.119. The van der Waals surface area contributed by atoms with Gasteiger partial charge in [0.1, 0.15) is 0 Å². The van der Waals surface area contributed by atoms with Gasteiger partial charge in [0, 0.05) is 11.0 Å². The highest BCUT2D eigenvalue weighted by Gasteiger charge is 2.23. The summed E-state index contributed by atoms with van der Waals surface area (Å²) in [6.07, 6.45) is 0.887. The molecule has 0 radical (unpaired) electrons. The number of nitrogens with one attached hydrogen (secondary N) is 2. The summed E-state index contributed by atoms with van der Waals surface area (Å²) in [4.78, 5) is 22.7. The van der Waals surface area contributed by atoms with Crippen LogP contribution in [0.5, 0.6) is 0 Å². The zero-order valence-electron chi connectivity index (χ0n) is 13.8. The van der Waals surface area contributed by atoms with Crippen LogP contribution in [0.15, 0.2) is 65.4 Å². The Hall–Kier alpha value is -3.46. The molecule has 0 fully saturated rings. The minimum Gasteiger partial charge on any atom is -0.305 e. The van der Waals surface area contributed by atoms with E-state index in [-0.39, 0.29) is 17.8 Å². The Morgan fingerprint density at radius 2 is 1.96 bits per heavy atom. The Balaban J connectivity index is 1.95.